The van der Waals surface area contributed by atoms with Crippen molar-refractivity contribution in [3.63, 3.8) is 0 Å². The Labute approximate surface area is 181 Å². The lowest BCUT2D eigenvalue weighted by Crippen LogP contribution is -2.44. The van der Waals surface area contributed by atoms with Gasteiger partial charge in [0.15, 0.2) is 5.69 Å². The molecule has 1 saturated heterocycles. The zero-order valence-electron chi connectivity index (χ0n) is 18.2. The lowest BCUT2D eigenvalue weighted by Gasteiger charge is -2.33. The van der Waals surface area contributed by atoms with Crippen LogP contribution in [0.15, 0.2) is 47.4 Å². The van der Waals surface area contributed by atoms with E-state index in [9.17, 15) is 9.59 Å². The summed E-state index contributed by atoms with van der Waals surface area (Å²) in [5.41, 5.74) is 0.976. The van der Waals surface area contributed by atoms with Crippen LogP contribution in [0.2, 0.25) is 0 Å². The minimum atomic E-state index is -0.311. The predicted molar refractivity (Wildman–Crippen MR) is 122 cm³/mol. The van der Waals surface area contributed by atoms with Gasteiger partial charge in [-0.15, -0.1) is 0 Å². The topological polar surface area (TPSA) is 83.4 Å². The number of carbonyl (C=O) groups is 1. The van der Waals surface area contributed by atoms with Gasteiger partial charge < -0.3 is 15.1 Å². The van der Waals surface area contributed by atoms with E-state index < -0.39 is 0 Å². The molecule has 0 spiro atoms. The number of piperazine rings is 1. The molecule has 3 aromatic rings. The predicted octanol–water partition coefficient (Wildman–Crippen LogP) is 2.05. The molecule has 1 aliphatic rings. The molecule has 0 saturated carbocycles. The van der Waals surface area contributed by atoms with Gasteiger partial charge in [-0.25, -0.2) is 9.67 Å². The molecule has 0 radical (unpaired) electrons. The van der Waals surface area contributed by atoms with Crippen molar-refractivity contribution < 1.29 is 4.79 Å². The SMILES string of the molecule is CC(C)n1nc(C(=O)NCc2ccc(N3CCN(C)CC3)nc2)c2ccccc2c1=O. The van der Waals surface area contributed by atoms with E-state index in [1.165, 1.54) is 4.68 Å². The summed E-state index contributed by atoms with van der Waals surface area (Å²) in [7, 11) is 2.13. The summed E-state index contributed by atoms with van der Waals surface area (Å²) in [5.74, 6) is 0.647. The highest BCUT2D eigenvalue weighted by Crippen LogP contribution is 2.16. The average Bonchev–Trinajstić information content (AvgIpc) is 2.78. The van der Waals surface area contributed by atoms with Crippen LogP contribution in [0.25, 0.3) is 10.8 Å². The van der Waals surface area contributed by atoms with Gasteiger partial charge in [-0.05, 0) is 38.6 Å². The van der Waals surface area contributed by atoms with Crippen LogP contribution in [-0.2, 0) is 6.54 Å². The molecule has 3 heterocycles. The number of carbonyl (C=O) groups excluding carboxylic acids is 1. The normalized spacial score (nSPS) is 14.9. The fourth-order valence-corrected chi connectivity index (χ4v) is 3.73. The molecule has 1 aromatic carbocycles. The maximum Gasteiger partial charge on any atom is 0.274 e. The molecule has 0 atom stereocenters. The highest BCUT2D eigenvalue weighted by atomic mass is 16.2. The Morgan fingerprint density at radius 2 is 1.77 bits per heavy atom. The number of likely N-dealkylation sites (N-methyl/N-ethyl adjacent to an activating group) is 1. The van der Waals surface area contributed by atoms with Crippen LogP contribution in [-0.4, -0.2) is 58.8 Å². The number of nitrogens with zero attached hydrogens (tertiary/aromatic N) is 5. The molecule has 0 aliphatic carbocycles. The minimum absolute atomic E-state index is 0.144. The lowest BCUT2D eigenvalue weighted by atomic mass is 10.1. The van der Waals surface area contributed by atoms with E-state index in [-0.39, 0.29) is 23.2 Å². The first kappa shape index (κ1) is 21.0. The summed E-state index contributed by atoms with van der Waals surface area (Å²) in [6.07, 6.45) is 1.80. The first-order chi connectivity index (χ1) is 14.9. The Morgan fingerprint density at radius 3 is 2.42 bits per heavy atom. The van der Waals surface area contributed by atoms with Crippen LogP contribution in [0, 0.1) is 0 Å². The molecule has 0 unspecified atom stereocenters. The smallest absolute Gasteiger partial charge is 0.274 e. The molecule has 2 aromatic heterocycles. The molecule has 8 heteroatoms. The van der Waals surface area contributed by atoms with Crippen LogP contribution >= 0.6 is 0 Å². The number of hydrogen-bond acceptors (Lipinski definition) is 6. The molecule has 1 amide bonds. The number of hydrogen-bond donors (Lipinski definition) is 1. The van der Waals surface area contributed by atoms with E-state index in [2.05, 4.69) is 32.2 Å². The van der Waals surface area contributed by atoms with Crippen LogP contribution in [0.3, 0.4) is 0 Å². The highest BCUT2D eigenvalue weighted by Gasteiger charge is 2.18. The van der Waals surface area contributed by atoms with Crippen LogP contribution < -0.4 is 15.8 Å². The van der Waals surface area contributed by atoms with Crippen molar-refractivity contribution in [3.05, 3.63) is 64.2 Å². The van der Waals surface area contributed by atoms with Gasteiger partial charge in [-0.1, -0.05) is 24.3 Å². The van der Waals surface area contributed by atoms with Gasteiger partial charge in [0.1, 0.15) is 5.82 Å². The molecule has 31 heavy (non-hydrogen) atoms. The highest BCUT2D eigenvalue weighted by molar-refractivity contribution is 6.04. The van der Waals surface area contributed by atoms with Crippen molar-refractivity contribution in [1.29, 1.82) is 0 Å². The van der Waals surface area contributed by atoms with E-state index in [4.69, 9.17) is 0 Å². The third-order valence-electron chi connectivity index (χ3n) is 5.62. The van der Waals surface area contributed by atoms with Gasteiger partial charge in [0.05, 0.1) is 11.4 Å². The van der Waals surface area contributed by atoms with Gasteiger partial charge in [0.2, 0.25) is 0 Å². The van der Waals surface area contributed by atoms with Crippen molar-refractivity contribution in [1.82, 2.24) is 25.0 Å². The second kappa shape index (κ2) is 8.85. The zero-order valence-corrected chi connectivity index (χ0v) is 18.2. The first-order valence-electron chi connectivity index (χ1n) is 10.6. The first-order valence-corrected chi connectivity index (χ1v) is 10.6. The third kappa shape index (κ3) is 4.44. The Morgan fingerprint density at radius 1 is 1.06 bits per heavy atom. The van der Waals surface area contributed by atoms with Crippen LogP contribution in [0.1, 0.15) is 35.9 Å². The second-order valence-electron chi connectivity index (χ2n) is 8.24. The lowest BCUT2D eigenvalue weighted by molar-refractivity contribution is 0.0945. The molecule has 4 rings (SSSR count). The van der Waals surface area contributed by atoms with E-state index in [1.54, 1.807) is 30.5 Å². The molecule has 1 fully saturated rings. The van der Waals surface area contributed by atoms with Gasteiger partial charge in [-0.2, -0.15) is 5.10 Å². The summed E-state index contributed by atoms with van der Waals surface area (Å²) in [6, 6.07) is 10.9. The number of benzene rings is 1. The Hall–Kier alpha value is -3.26. The van der Waals surface area contributed by atoms with E-state index in [0.29, 0.717) is 17.3 Å². The third-order valence-corrected chi connectivity index (χ3v) is 5.62. The maximum absolute atomic E-state index is 12.9. The van der Waals surface area contributed by atoms with Crippen molar-refractivity contribution in [3.8, 4) is 0 Å². The van der Waals surface area contributed by atoms with Crippen molar-refractivity contribution in [2.75, 3.05) is 38.1 Å². The number of fused-ring (bicyclic) bond motifs is 1. The van der Waals surface area contributed by atoms with Crippen LogP contribution in [0.5, 0.6) is 0 Å². The summed E-state index contributed by atoms with van der Waals surface area (Å²) < 4.78 is 1.36. The second-order valence-corrected chi connectivity index (χ2v) is 8.24. The van der Waals surface area contributed by atoms with Gasteiger partial charge in [0, 0.05) is 44.3 Å². The number of anilines is 1. The van der Waals surface area contributed by atoms with Crippen molar-refractivity contribution in [2.24, 2.45) is 0 Å². The summed E-state index contributed by atoms with van der Waals surface area (Å²) in [5, 5.41) is 8.34. The molecule has 1 aliphatic heterocycles. The Kier molecular flexibility index (Phi) is 5.99. The minimum Gasteiger partial charge on any atom is -0.354 e. The fraction of sp³-hybridized carbons (Fsp3) is 0.391. The summed E-state index contributed by atoms with van der Waals surface area (Å²) >= 11 is 0. The van der Waals surface area contributed by atoms with Crippen LogP contribution in [0.4, 0.5) is 5.82 Å². The van der Waals surface area contributed by atoms with E-state index >= 15 is 0 Å². The number of amides is 1. The fourth-order valence-electron chi connectivity index (χ4n) is 3.73. The molecule has 1 N–H and O–H groups in total. The Bertz CT molecular complexity index is 1130. The molecular formula is C23H28N6O2. The molecule has 8 nitrogen and oxygen atoms in total. The monoisotopic (exact) mass is 420 g/mol. The number of rotatable bonds is 5. The van der Waals surface area contributed by atoms with Gasteiger partial charge in [0.25, 0.3) is 11.5 Å². The molecule has 162 valence electrons. The molecule has 0 bridgehead atoms. The summed E-state index contributed by atoms with van der Waals surface area (Å²) in [6.45, 7) is 8.06. The number of nitrogens with one attached hydrogen (secondary N) is 1. The standard InChI is InChI=1S/C23H28N6O2/c1-16(2)29-23(31)19-7-5-4-6-18(19)21(26-29)22(30)25-15-17-8-9-20(24-14-17)28-12-10-27(3)11-13-28/h4-9,14,16H,10-13,15H2,1-3H3,(H,25,30). The molecular weight excluding hydrogens is 392 g/mol. The maximum atomic E-state index is 12.9. The van der Waals surface area contributed by atoms with E-state index in [1.807, 2.05) is 26.0 Å². The average molecular weight is 421 g/mol. The Balaban J connectivity index is 1.50. The number of aromatic nitrogens is 3. The van der Waals surface area contributed by atoms with Gasteiger partial charge >= 0.3 is 0 Å². The van der Waals surface area contributed by atoms with E-state index in [0.717, 1.165) is 37.6 Å². The quantitative estimate of drug-likeness (QED) is 0.680. The summed E-state index contributed by atoms with van der Waals surface area (Å²) in [4.78, 5) is 34.7. The number of pyridine rings is 1. The van der Waals surface area contributed by atoms with Crippen molar-refractivity contribution in [2.45, 2.75) is 26.4 Å². The zero-order chi connectivity index (χ0) is 22.0. The largest absolute Gasteiger partial charge is 0.354 e. The van der Waals surface area contributed by atoms with Crippen molar-refractivity contribution >= 4 is 22.5 Å². The van der Waals surface area contributed by atoms with Gasteiger partial charge in [-0.3, -0.25) is 9.59 Å².